The lowest BCUT2D eigenvalue weighted by molar-refractivity contribution is -0.140. The Labute approximate surface area is 122 Å². The molecule has 1 aliphatic carbocycles. The lowest BCUT2D eigenvalue weighted by atomic mass is 10.1. The van der Waals surface area contributed by atoms with Gasteiger partial charge in [0, 0.05) is 11.8 Å². The van der Waals surface area contributed by atoms with E-state index in [9.17, 15) is 9.59 Å². The highest BCUT2D eigenvalue weighted by Crippen LogP contribution is 2.19. The maximum absolute atomic E-state index is 11.9. The molecule has 1 aliphatic rings. The molecule has 0 heterocycles. The van der Waals surface area contributed by atoms with Crippen molar-refractivity contribution in [3.8, 4) is 5.75 Å². The SMILES string of the molecule is CCOc1cccc(NC(=O)NC2C=CC(C(=O)O)C2)c1. The van der Waals surface area contributed by atoms with Crippen LogP contribution in [0.4, 0.5) is 10.5 Å². The quantitative estimate of drug-likeness (QED) is 0.726. The van der Waals surface area contributed by atoms with Gasteiger partial charge in [-0.3, -0.25) is 4.79 Å². The summed E-state index contributed by atoms with van der Waals surface area (Å²) in [5, 5.41) is 14.3. The van der Waals surface area contributed by atoms with Crippen LogP contribution < -0.4 is 15.4 Å². The predicted molar refractivity (Wildman–Crippen MR) is 78.4 cm³/mol. The van der Waals surface area contributed by atoms with E-state index in [1.165, 1.54) is 0 Å². The number of carbonyl (C=O) groups is 2. The summed E-state index contributed by atoms with van der Waals surface area (Å²) in [5.41, 5.74) is 0.621. The third-order valence-corrected chi connectivity index (χ3v) is 3.12. The first-order valence-electron chi connectivity index (χ1n) is 6.80. The Balaban J connectivity index is 1.86. The van der Waals surface area contributed by atoms with Gasteiger partial charge in [0.05, 0.1) is 18.6 Å². The van der Waals surface area contributed by atoms with Crippen LogP contribution >= 0.6 is 0 Å². The molecule has 0 saturated heterocycles. The minimum absolute atomic E-state index is 0.263. The molecule has 6 heteroatoms. The maximum Gasteiger partial charge on any atom is 0.319 e. The van der Waals surface area contributed by atoms with Crippen LogP contribution in [0.5, 0.6) is 5.75 Å². The number of urea groups is 1. The summed E-state index contributed by atoms with van der Waals surface area (Å²) in [7, 11) is 0. The van der Waals surface area contributed by atoms with Crippen LogP contribution in [0.15, 0.2) is 36.4 Å². The van der Waals surface area contributed by atoms with Crippen molar-refractivity contribution in [2.45, 2.75) is 19.4 Å². The van der Waals surface area contributed by atoms with Crippen molar-refractivity contribution < 1.29 is 19.4 Å². The second kappa shape index (κ2) is 6.78. The molecule has 2 amide bonds. The number of hydrogen-bond donors (Lipinski definition) is 3. The highest BCUT2D eigenvalue weighted by Gasteiger charge is 2.25. The summed E-state index contributed by atoms with van der Waals surface area (Å²) in [6.07, 6.45) is 3.68. The highest BCUT2D eigenvalue weighted by atomic mass is 16.5. The number of nitrogens with one attached hydrogen (secondary N) is 2. The molecule has 0 spiro atoms. The molecule has 0 bridgehead atoms. The largest absolute Gasteiger partial charge is 0.494 e. The molecule has 0 fully saturated rings. The van der Waals surface area contributed by atoms with Crippen LogP contribution in [-0.4, -0.2) is 29.8 Å². The summed E-state index contributed by atoms with van der Waals surface area (Å²) in [4.78, 5) is 22.7. The molecule has 0 saturated carbocycles. The molecule has 0 aliphatic heterocycles. The number of aliphatic carboxylic acids is 1. The van der Waals surface area contributed by atoms with E-state index >= 15 is 0 Å². The van der Waals surface area contributed by atoms with E-state index in [2.05, 4.69) is 10.6 Å². The number of amides is 2. The molecule has 3 N–H and O–H groups in total. The zero-order chi connectivity index (χ0) is 15.2. The lowest BCUT2D eigenvalue weighted by Gasteiger charge is -2.13. The number of ether oxygens (including phenoxy) is 1. The van der Waals surface area contributed by atoms with Gasteiger partial charge in [0.2, 0.25) is 0 Å². The number of rotatable bonds is 5. The summed E-state index contributed by atoms with van der Waals surface area (Å²) in [5.74, 6) is -0.723. The van der Waals surface area contributed by atoms with Crippen molar-refractivity contribution in [3.05, 3.63) is 36.4 Å². The average molecular weight is 290 g/mol. The van der Waals surface area contributed by atoms with Crippen molar-refractivity contribution in [2.75, 3.05) is 11.9 Å². The van der Waals surface area contributed by atoms with Crippen LogP contribution in [-0.2, 0) is 4.79 Å². The Morgan fingerprint density at radius 1 is 1.38 bits per heavy atom. The Morgan fingerprint density at radius 3 is 2.86 bits per heavy atom. The Hall–Kier alpha value is -2.50. The van der Waals surface area contributed by atoms with Gasteiger partial charge in [-0.05, 0) is 25.5 Å². The summed E-state index contributed by atoms with van der Waals surface area (Å²) in [6.45, 7) is 2.44. The number of benzene rings is 1. The molecule has 1 aromatic rings. The molecule has 2 rings (SSSR count). The van der Waals surface area contributed by atoms with Gasteiger partial charge < -0.3 is 20.5 Å². The molecule has 6 nitrogen and oxygen atoms in total. The first kappa shape index (κ1) is 14.9. The summed E-state index contributed by atoms with van der Waals surface area (Å²) >= 11 is 0. The van der Waals surface area contributed by atoms with Crippen LogP contribution in [0.25, 0.3) is 0 Å². The molecule has 0 aromatic heterocycles. The topological polar surface area (TPSA) is 87.7 Å². The van der Waals surface area contributed by atoms with E-state index in [4.69, 9.17) is 9.84 Å². The van der Waals surface area contributed by atoms with Crippen LogP contribution in [0, 0.1) is 5.92 Å². The van der Waals surface area contributed by atoms with Crippen molar-refractivity contribution in [1.82, 2.24) is 5.32 Å². The first-order valence-corrected chi connectivity index (χ1v) is 6.80. The standard InChI is InChI=1S/C15H18N2O4/c1-2-21-13-5-3-4-11(9-13)16-15(20)17-12-7-6-10(8-12)14(18)19/h3-7,9-10,12H,2,8H2,1H3,(H,18,19)(H2,16,17,20). The van der Waals surface area contributed by atoms with Gasteiger partial charge in [0.15, 0.2) is 0 Å². The van der Waals surface area contributed by atoms with E-state index in [0.717, 1.165) is 0 Å². The monoisotopic (exact) mass is 290 g/mol. The second-order valence-corrected chi connectivity index (χ2v) is 4.73. The minimum atomic E-state index is -0.875. The zero-order valence-corrected chi connectivity index (χ0v) is 11.7. The van der Waals surface area contributed by atoms with Gasteiger partial charge >= 0.3 is 12.0 Å². The van der Waals surface area contributed by atoms with Crippen LogP contribution in [0.1, 0.15) is 13.3 Å². The fourth-order valence-electron chi connectivity index (χ4n) is 2.15. The van der Waals surface area contributed by atoms with Crippen molar-refractivity contribution in [2.24, 2.45) is 5.92 Å². The van der Waals surface area contributed by atoms with Gasteiger partial charge in [0.1, 0.15) is 5.75 Å². The number of carboxylic acid groups (broad SMARTS) is 1. The number of anilines is 1. The second-order valence-electron chi connectivity index (χ2n) is 4.73. The van der Waals surface area contributed by atoms with E-state index in [1.54, 1.807) is 30.4 Å². The average Bonchev–Trinajstić information content (AvgIpc) is 2.88. The Kier molecular flexibility index (Phi) is 4.81. The first-order chi connectivity index (χ1) is 10.1. The Morgan fingerprint density at radius 2 is 2.19 bits per heavy atom. The highest BCUT2D eigenvalue weighted by molar-refractivity contribution is 5.90. The summed E-state index contributed by atoms with van der Waals surface area (Å²) < 4.78 is 5.35. The van der Waals surface area contributed by atoms with Crippen molar-refractivity contribution in [3.63, 3.8) is 0 Å². The normalized spacial score (nSPS) is 20.0. The van der Waals surface area contributed by atoms with E-state index in [1.807, 2.05) is 13.0 Å². The fourth-order valence-corrected chi connectivity index (χ4v) is 2.15. The lowest BCUT2D eigenvalue weighted by Crippen LogP contribution is -2.36. The van der Waals surface area contributed by atoms with E-state index in [-0.39, 0.29) is 12.1 Å². The van der Waals surface area contributed by atoms with Gasteiger partial charge in [-0.2, -0.15) is 0 Å². The maximum atomic E-state index is 11.9. The third-order valence-electron chi connectivity index (χ3n) is 3.12. The van der Waals surface area contributed by atoms with Crippen molar-refractivity contribution >= 4 is 17.7 Å². The smallest absolute Gasteiger partial charge is 0.319 e. The molecule has 21 heavy (non-hydrogen) atoms. The molecule has 2 atom stereocenters. The minimum Gasteiger partial charge on any atom is -0.494 e. The van der Waals surface area contributed by atoms with Crippen molar-refractivity contribution in [1.29, 1.82) is 0 Å². The van der Waals surface area contributed by atoms with Gasteiger partial charge in [-0.15, -0.1) is 0 Å². The number of carboxylic acids is 1. The van der Waals surface area contributed by atoms with Gasteiger partial charge in [0.25, 0.3) is 0 Å². The zero-order valence-electron chi connectivity index (χ0n) is 11.7. The summed E-state index contributed by atoms with van der Waals surface area (Å²) in [6, 6.07) is 6.45. The van der Waals surface area contributed by atoms with Crippen LogP contribution in [0.3, 0.4) is 0 Å². The molecule has 112 valence electrons. The predicted octanol–water partition coefficient (Wildman–Crippen LogP) is 2.24. The molecule has 0 radical (unpaired) electrons. The Bertz CT molecular complexity index is 556. The number of hydrogen-bond acceptors (Lipinski definition) is 3. The number of carbonyl (C=O) groups excluding carboxylic acids is 1. The molecule has 2 unspecified atom stereocenters. The van der Waals surface area contributed by atoms with Gasteiger partial charge in [-0.25, -0.2) is 4.79 Å². The van der Waals surface area contributed by atoms with E-state index < -0.39 is 11.9 Å². The molecular weight excluding hydrogens is 272 g/mol. The van der Waals surface area contributed by atoms with Gasteiger partial charge in [-0.1, -0.05) is 18.2 Å². The van der Waals surface area contributed by atoms with Crippen LogP contribution in [0.2, 0.25) is 0 Å². The van der Waals surface area contributed by atoms with E-state index in [0.29, 0.717) is 24.5 Å². The third kappa shape index (κ3) is 4.24. The fraction of sp³-hybridized carbons (Fsp3) is 0.333. The molecular formula is C15H18N2O4. The molecule has 1 aromatic carbocycles.